The fourth-order valence-corrected chi connectivity index (χ4v) is 3.93. The number of benzene rings is 1. The molecule has 118 valence electrons. The molecule has 2 N–H and O–H groups in total. The van der Waals surface area contributed by atoms with Gasteiger partial charge in [0.05, 0.1) is 4.90 Å². The van der Waals surface area contributed by atoms with E-state index >= 15 is 0 Å². The molecule has 1 aliphatic rings. The van der Waals surface area contributed by atoms with Crippen LogP contribution in [0.15, 0.2) is 23.1 Å². The summed E-state index contributed by atoms with van der Waals surface area (Å²) in [6, 6.07) is 4.66. The lowest BCUT2D eigenvalue weighted by atomic mass is 10.0. The Morgan fingerprint density at radius 1 is 1.38 bits per heavy atom. The largest absolute Gasteiger partial charge is 0.381 e. The Morgan fingerprint density at radius 2 is 2.05 bits per heavy atom. The smallest absolute Gasteiger partial charge is 0.242 e. The highest BCUT2D eigenvalue weighted by Gasteiger charge is 2.25. The van der Waals surface area contributed by atoms with Crippen LogP contribution in [0, 0.1) is 5.92 Å². The SMILES string of the molecule is CN(CC1CCOCC1)S(=O)(=O)c1ccc(Cl)c(CN)c1. The predicted molar refractivity (Wildman–Crippen MR) is 82.7 cm³/mol. The van der Waals surface area contributed by atoms with Gasteiger partial charge in [0.25, 0.3) is 0 Å². The molecule has 2 rings (SSSR count). The number of rotatable bonds is 5. The molecule has 0 unspecified atom stereocenters. The van der Waals surface area contributed by atoms with Gasteiger partial charge in [-0.1, -0.05) is 11.6 Å². The van der Waals surface area contributed by atoms with Crippen LogP contribution in [0.3, 0.4) is 0 Å². The zero-order valence-corrected chi connectivity index (χ0v) is 13.7. The number of hydrogen-bond donors (Lipinski definition) is 1. The third-order valence-electron chi connectivity index (χ3n) is 3.80. The van der Waals surface area contributed by atoms with Gasteiger partial charge in [-0.3, -0.25) is 0 Å². The molecule has 1 saturated heterocycles. The van der Waals surface area contributed by atoms with Gasteiger partial charge in [0.15, 0.2) is 0 Å². The molecule has 7 heteroatoms. The lowest BCUT2D eigenvalue weighted by Gasteiger charge is -2.26. The minimum absolute atomic E-state index is 0.214. The van der Waals surface area contributed by atoms with E-state index in [4.69, 9.17) is 22.1 Å². The van der Waals surface area contributed by atoms with Crippen LogP contribution in [0.1, 0.15) is 18.4 Å². The van der Waals surface area contributed by atoms with Gasteiger partial charge in [0.2, 0.25) is 10.0 Å². The van der Waals surface area contributed by atoms with E-state index in [0.717, 1.165) is 12.8 Å². The van der Waals surface area contributed by atoms with E-state index in [1.54, 1.807) is 19.2 Å². The molecule has 0 bridgehead atoms. The second-order valence-electron chi connectivity index (χ2n) is 5.30. The summed E-state index contributed by atoms with van der Waals surface area (Å²) in [5.74, 6) is 0.347. The molecule has 1 fully saturated rings. The van der Waals surface area contributed by atoms with Crippen molar-refractivity contribution < 1.29 is 13.2 Å². The minimum atomic E-state index is -3.51. The van der Waals surface area contributed by atoms with Crippen molar-refractivity contribution >= 4 is 21.6 Å². The Labute approximate surface area is 131 Å². The lowest BCUT2D eigenvalue weighted by Crippen LogP contribution is -2.34. The summed E-state index contributed by atoms with van der Waals surface area (Å²) in [5.41, 5.74) is 6.22. The average molecular weight is 333 g/mol. The highest BCUT2D eigenvalue weighted by Crippen LogP contribution is 2.24. The summed E-state index contributed by atoms with van der Waals surface area (Å²) in [6.45, 7) is 2.13. The summed E-state index contributed by atoms with van der Waals surface area (Å²) in [5, 5.41) is 0.489. The van der Waals surface area contributed by atoms with Crippen LogP contribution in [-0.2, 0) is 21.3 Å². The van der Waals surface area contributed by atoms with E-state index in [9.17, 15) is 8.42 Å². The Bertz CT molecular complexity index is 586. The first-order valence-electron chi connectivity index (χ1n) is 6.97. The summed E-state index contributed by atoms with van der Waals surface area (Å²) in [7, 11) is -1.90. The van der Waals surface area contributed by atoms with Gasteiger partial charge < -0.3 is 10.5 Å². The van der Waals surface area contributed by atoms with Gasteiger partial charge >= 0.3 is 0 Å². The normalized spacial score (nSPS) is 17.3. The number of nitrogens with two attached hydrogens (primary N) is 1. The number of sulfonamides is 1. The maximum absolute atomic E-state index is 12.6. The summed E-state index contributed by atoms with van der Waals surface area (Å²) >= 11 is 5.98. The minimum Gasteiger partial charge on any atom is -0.381 e. The van der Waals surface area contributed by atoms with Crippen molar-refractivity contribution in [2.24, 2.45) is 11.7 Å². The molecule has 0 atom stereocenters. The van der Waals surface area contributed by atoms with Gasteiger partial charge in [-0.15, -0.1) is 0 Å². The second kappa shape index (κ2) is 7.07. The molecule has 0 aliphatic carbocycles. The Morgan fingerprint density at radius 3 is 2.67 bits per heavy atom. The first-order chi connectivity index (χ1) is 9.95. The summed E-state index contributed by atoms with van der Waals surface area (Å²) < 4.78 is 31.9. The maximum Gasteiger partial charge on any atom is 0.242 e. The lowest BCUT2D eigenvalue weighted by molar-refractivity contribution is 0.0620. The number of ether oxygens (including phenoxy) is 1. The molecular formula is C14H21ClN2O3S. The van der Waals surface area contributed by atoms with Crippen LogP contribution in [-0.4, -0.2) is 39.5 Å². The fraction of sp³-hybridized carbons (Fsp3) is 0.571. The molecule has 0 radical (unpaired) electrons. The molecule has 1 aromatic carbocycles. The van der Waals surface area contributed by atoms with Crippen molar-refractivity contribution in [3.63, 3.8) is 0 Å². The quantitative estimate of drug-likeness (QED) is 0.893. The second-order valence-corrected chi connectivity index (χ2v) is 7.75. The Balaban J connectivity index is 2.16. The zero-order chi connectivity index (χ0) is 15.5. The highest BCUT2D eigenvalue weighted by molar-refractivity contribution is 7.89. The van der Waals surface area contributed by atoms with E-state index in [0.29, 0.717) is 36.3 Å². The van der Waals surface area contributed by atoms with Gasteiger partial charge in [0, 0.05) is 38.4 Å². The Kier molecular flexibility index (Phi) is 5.62. The summed E-state index contributed by atoms with van der Waals surface area (Å²) in [4.78, 5) is 0.238. The number of hydrogen-bond acceptors (Lipinski definition) is 4. The predicted octanol–water partition coefficient (Wildman–Crippen LogP) is 1.85. The molecule has 21 heavy (non-hydrogen) atoms. The third kappa shape index (κ3) is 3.96. The molecule has 1 aromatic rings. The van der Waals surface area contributed by atoms with Crippen molar-refractivity contribution in [1.29, 1.82) is 0 Å². The van der Waals surface area contributed by atoms with Crippen LogP contribution >= 0.6 is 11.6 Å². The average Bonchev–Trinajstić information content (AvgIpc) is 2.48. The van der Waals surface area contributed by atoms with E-state index in [2.05, 4.69) is 0 Å². The summed E-state index contributed by atoms with van der Waals surface area (Å²) in [6.07, 6.45) is 1.79. The molecule has 0 amide bonds. The monoisotopic (exact) mass is 332 g/mol. The first kappa shape index (κ1) is 16.7. The third-order valence-corrected chi connectivity index (χ3v) is 5.99. The number of nitrogens with zero attached hydrogens (tertiary/aromatic N) is 1. The zero-order valence-electron chi connectivity index (χ0n) is 12.1. The van der Waals surface area contributed by atoms with Crippen LogP contribution in [0.2, 0.25) is 5.02 Å². The topological polar surface area (TPSA) is 72.6 Å². The Hall–Kier alpha value is -0.660. The van der Waals surface area contributed by atoms with Crippen molar-refractivity contribution in [3.05, 3.63) is 28.8 Å². The van der Waals surface area contributed by atoms with Gasteiger partial charge in [-0.05, 0) is 42.5 Å². The van der Waals surface area contributed by atoms with E-state index in [1.165, 1.54) is 10.4 Å². The number of halogens is 1. The molecule has 1 aliphatic heterocycles. The van der Waals surface area contributed by atoms with E-state index < -0.39 is 10.0 Å². The van der Waals surface area contributed by atoms with Crippen molar-refractivity contribution in [1.82, 2.24) is 4.31 Å². The van der Waals surface area contributed by atoms with E-state index in [1.807, 2.05) is 0 Å². The van der Waals surface area contributed by atoms with Crippen molar-refractivity contribution in [3.8, 4) is 0 Å². The van der Waals surface area contributed by atoms with Gasteiger partial charge in [-0.25, -0.2) is 12.7 Å². The molecule has 0 saturated carbocycles. The molecule has 0 spiro atoms. The van der Waals surface area contributed by atoms with Crippen LogP contribution in [0.25, 0.3) is 0 Å². The van der Waals surface area contributed by atoms with Gasteiger partial charge in [-0.2, -0.15) is 0 Å². The standard InChI is InChI=1S/C14H21ClN2O3S/c1-17(10-11-4-6-20-7-5-11)21(18,19)13-2-3-14(15)12(8-13)9-16/h2-3,8,11H,4-7,9-10,16H2,1H3. The molecular weight excluding hydrogens is 312 g/mol. The molecule has 5 nitrogen and oxygen atoms in total. The highest BCUT2D eigenvalue weighted by atomic mass is 35.5. The van der Waals surface area contributed by atoms with Crippen molar-refractivity contribution in [2.75, 3.05) is 26.8 Å². The van der Waals surface area contributed by atoms with Crippen LogP contribution < -0.4 is 5.73 Å². The van der Waals surface area contributed by atoms with Gasteiger partial charge in [0.1, 0.15) is 0 Å². The van der Waals surface area contributed by atoms with E-state index in [-0.39, 0.29) is 11.4 Å². The molecule has 1 heterocycles. The van der Waals surface area contributed by atoms with Crippen LogP contribution in [0.5, 0.6) is 0 Å². The maximum atomic E-state index is 12.6. The van der Waals surface area contributed by atoms with Crippen LogP contribution in [0.4, 0.5) is 0 Å². The first-order valence-corrected chi connectivity index (χ1v) is 8.79. The van der Waals surface area contributed by atoms with Crippen molar-refractivity contribution in [2.45, 2.75) is 24.3 Å². The fourth-order valence-electron chi connectivity index (χ4n) is 2.44. The molecule has 0 aromatic heterocycles.